The number of hydrogen-bond acceptors (Lipinski definition) is 6. The van der Waals surface area contributed by atoms with Crippen LogP contribution >= 0.6 is 0 Å². The maximum Gasteiger partial charge on any atom is 0.580 e. The van der Waals surface area contributed by atoms with Crippen molar-refractivity contribution in [2.24, 2.45) is 0 Å². The molecule has 0 aliphatic rings. The van der Waals surface area contributed by atoms with Crippen LogP contribution in [0, 0.1) is 0 Å². The topological polar surface area (TPSA) is 78.9 Å². The van der Waals surface area contributed by atoms with Crippen LogP contribution in [-0.4, -0.2) is 20.3 Å². The lowest BCUT2D eigenvalue weighted by atomic mass is 10.3. The minimum atomic E-state index is -0.233. The molecule has 2 rings (SSSR count). The summed E-state index contributed by atoms with van der Waals surface area (Å²) in [6.07, 6.45) is 3.84. The molecule has 0 atom stereocenters. The van der Waals surface area contributed by atoms with E-state index in [1.807, 2.05) is 0 Å². The van der Waals surface area contributed by atoms with Gasteiger partial charge in [0.1, 0.15) is 0 Å². The zero-order chi connectivity index (χ0) is 12.1. The van der Waals surface area contributed by atoms with Gasteiger partial charge in [0.2, 0.25) is 0 Å². The van der Waals surface area contributed by atoms with E-state index in [2.05, 4.69) is 0 Å². The van der Waals surface area contributed by atoms with Gasteiger partial charge in [0.05, 0.1) is 23.7 Å². The Kier molecular flexibility index (Phi) is 3.30. The van der Waals surface area contributed by atoms with E-state index in [9.17, 15) is 9.59 Å². The van der Waals surface area contributed by atoms with E-state index in [1.165, 1.54) is 24.7 Å². The van der Waals surface area contributed by atoms with Gasteiger partial charge < -0.3 is 18.1 Å². The zero-order valence-electron chi connectivity index (χ0n) is 8.62. The molecule has 0 aromatic carbocycles. The van der Waals surface area contributed by atoms with Crippen LogP contribution in [0.3, 0.4) is 0 Å². The minimum Gasteiger partial charge on any atom is -0.501 e. The number of aldehydes is 2. The van der Waals surface area contributed by atoms with E-state index in [-0.39, 0.29) is 30.7 Å². The van der Waals surface area contributed by atoms with Gasteiger partial charge in [0, 0.05) is 0 Å². The van der Waals surface area contributed by atoms with Crippen molar-refractivity contribution in [2.45, 2.75) is 0 Å². The molecule has 0 aliphatic heterocycles. The molecular weight excluding hydrogens is 227 g/mol. The second-order valence-corrected chi connectivity index (χ2v) is 2.97. The summed E-state index contributed by atoms with van der Waals surface area (Å²) in [7, 11) is -0.233. The number of furan rings is 2. The molecule has 0 aliphatic carbocycles. The van der Waals surface area contributed by atoms with E-state index < -0.39 is 0 Å². The highest BCUT2D eigenvalue weighted by Gasteiger charge is 2.11. The first-order chi connectivity index (χ1) is 8.35. The monoisotopic (exact) mass is 234 g/mol. The molecule has 0 saturated heterocycles. The molecular formula is C10H7BO6. The highest BCUT2D eigenvalue weighted by Crippen LogP contribution is 2.19. The molecule has 0 amide bonds. The summed E-state index contributed by atoms with van der Waals surface area (Å²) in [4.78, 5) is 21.1. The molecule has 2 aromatic rings. The fourth-order valence-corrected chi connectivity index (χ4v) is 1.16. The van der Waals surface area contributed by atoms with Gasteiger partial charge >= 0.3 is 7.69 Å². The van der Waals surface area contributed by atoms with Gasteiger partial charge in [-0.25, -0.2) is 0 Å². The van der Waals surface area contributed by atoms with Gasteiger partial charge in [-0.3, -0.25) is 9.59 Å². The Balaban J connectivity index is 1.92. The lowest BCUT2D eigenvalue weighted by Crippen LogP contribution is -2.11. The third-order valence-electron chi connectivity index (χ3n) is 1.95. The lowest BCUT2D eigenvalue weighted by molar-refractivity contribution is 0.111. The summed E-state index contributed by atoms with van der Waals surface area (Å²) in [5.41, 5.74) is 0.562. The van der Waals surface area contributed by atoms with Crippen molar-refractivity contribution in [3.05, 3.63) is 35.8 Å². The van der Waals surface area contributed by atoms with Crippen LogP contribution in [0.2, 0.25) is 0 Å². The summed E-state index contributed by atoms with van der Waals surface area (Å²) in [5, 5.41) is 0. The molecule has 2 aromatic heterocycles. The van der Waals surface area contributed by atoms with Gasteiger partial charge in [-0.15, -0.1) is 0 Å². The lowest BCUT2D eigenvalue weighted by Gasteiger charge is -2.02. The average Bonchev–Trinajstić information content (AvgIpc) is 2.97. The second-order valence-electron chi connectivity index (χ2n) is 2.97. The number of carbonyl (C=O) groups excluding carboxylic acids is 2. The SMILES string of the molecule is O=Cc1ccoc1OBOc1occc1C=O. The highest BCUT2D eigenvalue weighted by molar-refractivity contribution is 6.20. The average molecular weight is 234 g/mol. The van der Waals surface area contributed by atoms with Crippen molar-refractivity contribution in [2.75, 3.05) is 0 Å². The normalized spacial score (nSPS) is 9.65. The van der Waals surface area contributed by atoms with Crippen LogP contribution in [0.1, 0.15) is 20.7 Å². The Bertz CT molecular complexity index is 468. The van der Waals surface area contributed by atoms with Gasteiger partial charge in [0.15, 0.2) is 12.6 Å². The quantitative estimate of drug-likeness (QED) is 0.552. The summed E-state index contributed by atoms with van der Waals surface area (Å²) in [6.45, 7) is 0. The van der Waals surface area contributed by atoms with E-state index >= 15 is 0 Å². The molecule has 0 fully saturated rings. The fraction of sp³-hybridized carbons (Fsp3) is 0. The molecule has 0 unspecified atom stereocenters. The molecule has 0 N–H and O–H groups in total. The number of rotatable bonds is 6. The van der Waals surface area contributed by atoms with Gasteiger partial charge in [-0.05, 0) is 12.1 Å². The van der Waals surface area contributed by atoms with Crippen LogP contribution < -0.4 is 9.31 Å². The van der Waals surface area contributed by atoms with E-state index in [0.29, 0.717) is 12.6 Å². The zero-order valence-corrected chi connectivity index (χ0v) is 8.62. The van der Waals surface area contributed by atoms with Crippen molar-refractivity contribution in [1.29, 1.82) is 0 Å². The Labute approximate surface area is 96.4 Å². The largest absolute Gasteiger partial charge is 0.580 e. The highest BCUT2D eigenvalue weighted by atomic mass is 16.7. The molecule has 6 nitrogen and oxygen atoms in total. The van der Waals surface area contributed by atoms with Crippen LogP contribution in [0.15, 0.2) is 33.5 Å². The van der Waals surface area contributed by atoms with Crippen LogP contribution in [0.5, 0.6) is 11.9 Å². The Morgan fingerprint density at radius 2 is 1.41 bits per heavy atom. The standard InChI is InChI=1S/C10H7BO6/c12-5-7-1-3-14-9(7)16-11-17-10-8(6-13)2-4-15-10/h1-6,11H. The van der Waals surface area contributed by atoms with Gasteiger partial charge in [-0.1, -0.05) is 0 Å². The molecule has 0 saturated carbocycles. The Morgan fingerprint density at radius 1 is 0.941 bits per heavy atom. The first-order valence-electron chi connectivity index (χ1n) is 4.66. The Hall–Kier alpha value is -2.44. The molecule has 0 spiro atoms. The van der Waals surface area contributed by atoms with Crippen LogP contribution in [-0.2, 0) is 0 Å². The first kappa shape index (κ1) is 11.1. The van der Waals surface area contributed by atoms with E-state index in [1.54, 1.807) is 0 Å². The summed E-state index contributed by atoms with van der Waals surface area (Å²) >= 11 is 0. The van der Waals surface area contributed by atoms with Crippen molar-refractivity contribution in [3.8, 4) is 11.9 Å². The van der Waals surface area contributed by atoms with Crippen molar-refractivity contribution in [3.63, 3.8) is 0 Å². The van der Waals surface area contributed by atoms with Crippen LogP contribution in [0.25, 0.3) is 0 Å². The second kappa shape index (κ2) is 5.06. The summed E-state index contributed by atoms with van der Waals surface area (Å²) in [5.74, 6) is 0.110. The predicted octanol–water partition coefficient (Wildman–Crippen LogP) is 1.22. The van der Waals surface area contributed by atoms with Crippen LogP contribution in [0.4, 0.5) is 0 Å². The Morgan fingerprint density at radius 3 is 1.82 bits per heavy atom. The van der Waals surface area contributed by atoms with Crippen molar-refractivity contribution in [1.82, 2.24) is 0 Å². The van der Waals surface area contributed by atoms with E-state index in [4.69, 9.17) is 18.1 Å². The number of hydrogen-bond donors (Lipinski definition) is 0. The molecule has 7 heteroatoms. The van der Waals surface area contributed by atoms with Gasteiger partial charge in [0.25, 0.3) is 11.9 Å². The third kappa shape index (κ3) is 2.39. The molecule has 0 bridgehead atoms. The molecule has 17 heavy (non-hydrogen) atoms. The predicted molar refractivity (Wildman–Crippen MR) is 56.6 cm³/mol. The van der Waals surface area contributed by atoms with Gasteiger partial charge in [-0.2, -0.15) is 0 Å². The first-order valence-corrected chi connectivity index (χ1v) is 4.66. The summed E-state index contributed by atoms with van der Waals surface area (Å²) < 4.78 is 19.9. The smallest absolute Gasteiger partial charge is 0.501 e. The van der Waals surface area contributed by atoms with Crippen molar-refractivity contribution >= 4 is 20.3 Å². The maximum atomic E-state index is 10.5. The fourth-order valence-electron chi connectivity index (χ4n) is 1.16. The molecule has 86 valence electrons. The minimum absolute atomic E-state index is 0.0548. The molecule has 0 radical (unpaired) electrons. The van der Waals surface area contributed by atoms with Crippen molar-refractivity contribution < 1.29 is 27.7 Å². The maximum absolute atomic E-state index is 10.5. The van der Waals surface area contributed by atoms with E-state index in [0.717, 1.165) is 0 Å². The third-order valence-corrected chi connectivity index (χ3v) is 1.95. The number of carbonyl (C=O) groups is 2. The molecule has 2 heterocycles. The summed E-state index contributed by atoms with van der Waals surface area (Å²) in [6, 6.07) is 2.93.